The Kier molecular flexibility index (Phi) is 6.18. The highest BCUT2D eigenvalue weighted by Crippen LogP contribution is 2.41. The molecule has 0 bridgehead atoms. The first kappa shape index (κ1) is 17.5. The van der Waals surface area contributed by atoms with Crippen molar-refractivity contribution in [3.63, 3.8) is 0 Å². The lowest BCUT2D eigenvalue weighted by atomic mass is 10.1. The molecule has 2 N–H and O–H groups in total. The number of nitrogens with one attached hydrogen (secondary N) is 2. The molecule has 1 aromatic carbocycles. The molecule has 0 saturated heterocycles. The van der Waals surface area contributed by atoms with E-state index in [1.54, 1.807) is 14.1 Å². The van der Waals surface area contributed by atoms with Crippen LogP contribution in [0.2, 0.25) is 0 Å². The maximum Gasteiger partial charge on any atom is 0.416 e. The normalized spacial score (nSPS) is 11.4. The first-order chi connectivity index (χ1) is 9.88. The van der Waals surface area contributed by atoms with Crippen molar-refractivity contribution < 1.29 is 13.2 Å². The summed E-state index contributed by atoms with van der Waals surface area (Å²) < 4.78 is 38.9. The number of hydrogen-bond acceptors (Lipinski definition) is 3. The third-order valence-electron chi connectivity index (χ3n) is 3.28. The quantitative estimate of drug-likeness (QED) is 0.781. The molecule has 0 heterocycles. The molecule has 0 aliphatic carbocycles. The Morgan fingerprint density at radius 3 is 1.67 bits per heavy atom. The van der Waals surface area contributed by atoms with Gasteiger partial charge in [-0.1, -0.05) is 13.8 Å². The number of alkyl halides is 3. The second-order valence-electron chi connectivity index (χ2n) is 4.90. The van der Waals surface area contributed by atoms with Crippen molar-refractivity contribution in [3.8, 4) is 0 Å². The number of rotatable bonds is 7. The highest BCUT2D eigenvalue weighted by atomic mass is 19.4. The summed E-state index contributed by atoms with van der Waals surface area (Å²) in [5.74, 6) is 0. The van der Waals surface area contributed by atoms with Gasteiger partial charge in [-0.25, -0.2) is 0 Å². The number of hydrogen-bond donors (Lipinski definition) is 2. The maximum atomic E-state index is 13.0. The number of nitrogens with zero attached hydrogens (tertiary/aromatic N) is 1. The summed E-state index contributed by atoms with van der Waals surface area (Å²) in [6, 6.07) is 2.35. The zero-order valence-electron chi connectivity index (χ0n) is 13.1. The highest BCUT2D eigenvalue weighted by molar-refractivity contribution is 5.84. The van der Waals surface area contributed by atoms with Gasteiger partial charge in [0.25, 0.3) is 0 Å². The molecule has 0 aliphatic heterocycles. The van der Waals surface area contributed by atoms with Crippen molar-refractivity contribution in [1.29, 1.82) is 0 Å². The van der Waals surface area contributed by atoms with Crippen LogP contribution in [0, 0.1) is 0 Å². The SMILES string of the molecule is CCCN(CCC)c1c(NC)cc(C(F)(F)F)cc1NC. The van der Waals surface area contributed by atoms with Crippen molar-refractivity contribution in [1.82, 2.24) is 0 Å². The average Bonchev–Trinajstić information content (AvgIpc) is 2.44. The molecule has 0 fully saturated rings. The van der Waals surface area contributed by atoms with Gasteiger partial charge in [0.2, 0.25) is 0 Å². The second kappa shape index (κ2) is 7.43. The Bertz CT molecular complexity index is 427. The van der Waals surface area contributed by atoms with Crippen LogP contribution in [0.25, 0.3) is 0 Å². The lowest BCUT2D eigenvalue weighted by Gasteiger charge is -2.29. The summed E-state index contributed by atoms with van der Waals surface area (Å²) in [4.78, 5) is 2.12. The summed E-state index contributed by atoms with van der Waals surface area (Å²) >= 11 is 0. The van der Waals surface area contributed by atoms with Gasteiger partial charge in [-0.15, -0.1) is 0 Å². The van der Waals surface area contributed by atoms with Gasteiger partial charge in [-0.2, -0.15) is 13.2 Å². The first-order valence-corrected chi connectivity index (χ1v) is 7.24. The molecule has 0 saturated carbocycles. The van der Waals surface area contributed by atoms with Crippen LogP contribution in [0.15, 0.2) is 12.1 Å². The molecule has 0 aliphatic rings. The molecule has 0 unspecified atom stereocenters. The number of halogens is 3. The van der Waals surface area contributed by atoms with E-state index in [9.17, 15) is 13.2 Å². The van der Waals surface area contributed by atoms with Crippen LogP contribution in [0.1, 0.15) is 32.3 Å². The minimum Gasteiger partial charge on any atom is -0.386 e. The van der Waals surface area contributed by atoms with Crippen LogP contribution in [0.4, 0.5) is 30.2 Å². The van der Waals surface area contributed by atoms with Gasteiger partial charge in [0.05, 0.1) is 22.6 Å². The van der Waals surface area contributed by atoms with Gasteiger partial charge in [0.15, 0.2) is 0 Å². The van der Waals surface area contributed by atoms with E-state index in [-0.39, 0.29) is 0 Å². The van der Waals surface area contributed by atoms with E-state index in [0.717, 1.165) is 31.6 Å². The third-order valence-corrected chi connectivity index (χ3v) is 3.28. The van der Waals surface area contributed by atoms with Crippen LogP contribution in [0.3, 0.4) is 0 Å². The monoisotopic (exact) mass is 303 g/mol. The fourth-order valence-electron chi connectivity index (χ4n) is 2.40. The third kappa shape index (κ3) is 4.19. The smallest absolute Gasteiger partial charge is 0.386 e. The Labute approximate surface area is 124 Å². The number of benzene rings is 1. The molecule has 3 nitrogen and oxygen atoms in total. The predicted octanol–water partition coefficient (Wildman–Crippen LogP) is 4.42. The van der Waals surface area contributed by atoms with Crippen LogP contribution < -0.4 is 15.5 Å². The zero-order chi connectivity index (χ0) is 16.0. The Morgan fingerprint density at radius 1 is 0.952 bits per heavy atom. The predicted molar refractivity (Wildman–Crippen MR) is 83.3 cm³/mol. The van der Waals surface area contributed by atoms with Gasteiger partial charge in [0.1, 0.15) is 0 Å². The van der Waals surface area contributed by atoms with Crippen molar-refractivity contribution >= 4 is 17.1 Å². The van der Waals surface area contributed by atoms with Crippen LogP contribution in [-0.4, -0.2) is 27.2 Å². The molecule has 1 rings (SSSR count). The molecule has 0 radical (unpaired) electrons. The minimum absolute atomic E-state index is 0.496. The summed E-state index contributed by atoms with van der Waals surface area (Å²) in [5, 5.41) is 5.80. The van der Waals surface area contributed by atoms with E-state index in [2.05, 4.69) is 29.4 Å². The van der Waals surface area contributed by atoms with Gasteiger partial charge in [-0.3, -0.25) is 0 Å². The zero-order valence-corrected chi connectivity index (χ0v) is 13.1. The molecule has 0 aromatic heterocycles. The standard InChI is InChI=1S/C15H24F3N3/c1-5-7-21(8-6-2)14-12(19-3)9-11(15(16,17)18)10-13(14)20-4/h9-10,19-20H,5-8H2,1-4H3. The lowest BCUT2D eigenvalue weighted by molar-refractivity contribution is -0.137. The fourth-order valence-corrected chi connectivity index (χ4v) is 2.40. The summed E-state index contributed by atoms with van der Waals surface area (Å²) in [5.41, 5.74) is 1.15. The fraction of sp³-hybridized carbons (Fsp3) is 0.600. The molecule has 0 amide bonds. The Morgan fingerprint density at radius 2 is 1.38 bits per heavy atom. The first-order valence-electron chi connectivity index (χ1n) is 7.24. The summed E-state index contributed by atoms with van der Waals surface area (Å²) in [6.45, 7) is 5.74. The van der Waals surface area contributed by atoms with E-state index < -0.39 is 11.7 Å². The Hall–Kier alpha value is -1.59. The van der Waals surface area contributed by atoms with Crippen LogP contribution in [0.5, 0.6) is 0 Å². The van der Waals surface area contributed by atoms with Gasteiger partial charge in [-0.05, 0) is 25.0 Å². The summed E-state index contributed by atoms with van der Waals surface area (Å²) in [6.07, 6.45) is -2.48. The second-order valence-corrected chi connectivity index (χ2v) is 4.90. The van der Waals surface area contributed by atoms with Crippen molar-refractivity contribution in [3.05, 3.63) is 17.7 Å². The van der Waals surface area contributed by atoms with E-state index >= 15 is 0 Å². The molecule has 6 heteroatoms. The molecule has 0 spiro atoms. The number of anilines is 3. The van der Waals surface area contributed by atoms with Crippen molar-refractivity contribution in [2.45, 2.75) is 32.9 Å². The van der Waals surface area contributed by atoms with Gasteiger partial charge >= 0.3 is 6.18 Å². The topological polar surface area (TPSA) is 27.3 Å². The molecule has 21 heavy (non-hydrogen) atoms. The van der Waals surface area contributed by atoms with Crippen LogP contribution in [-0.2, 0) is 6.18 Å². The van der Waals surface area contributed by atoms with Crippen molar-refractivity contribution in [2.75, 3.05) is 42.7 Å². The lowest BCUT2D eigenvalue weighted by Crippen LogP contribution is -2.27. The van der Waals surface area contributed by atoms with E-state index in [4.69, 9.17) is 0 Å². The highest BCUT2D eigenvalue weighted by Gasteiger charge is 2.32. The van der Waals surface area contributed by atoms with E-state index in [0.29, 0.717) is 11.4 Å². The molecule has 120 valence electrons. The Balaban J connectivity index is 3.41. The molecular formula is C15H24F3N3. The largest absolute Gasteiger partial charge is 0.416 e. The van der Waals surface area contributed by atoms with E-state index in [1.165, 1.54) is 12.1 Å². The van der Waals surface area contributed by atoms with E-state index in [1.807, 2.05) is 0 Å². The van der Waals surface area contributed by atoms with Crippen LogP contribution >= 0.6 is 0 Å². The summed E-state index contributed by atoms with van der Waals surface area (Å²) in [7, 11) is 3.29. The molecule has 0 atom stereocenters. The molecule has 1 aromatic rings. The van der Waals surface area contributed by atoms with Crippen molar-refractivity contribution in [2.24, 2.45) is 0 Å². The molecular weight excluding hydrogens is 279 g/mol. The van der Waals surface area contributed by atoms with Gasteiger partial charge in [0, 0.05) is 27.2 Å². The minimum atomic E-state index is -4.35. The average molecular weight is 303 g/mol. The maximum absolute atomic E-state index is 13.0. The van der Waals surface area contributed by atoms with Gasteiger partial charge < -0.3 is 15.5 Å².